The molecule has 0 amide bonds. The number of aliphatic hydroxyl groups is 4. The quantitative estimate of drug-likeness (QED) is 0.0455. The van der Waals surface area contributed by atoms with Crippen LogP contribution in [0.4, 0.5) is 0 Å². The molecule has 20 nitrogen and oxygen atoms in total. The fourth-order valence-electron chi connectivity index (χ4n) is 21.2. The van der Waals surface area contributed by atoms with Crippen LogP contribution in [-0.2, 0) is 38.3 Å². The summed E-state index contributed by atoms with van der Waals surface area (Å²) in [5.74, 6) is 0. The van der Waals surface area contributed by atoms with E-state index in [2.05, 4.69) is 206 Å². The van der Waals surface area contributed by atoms with Crippen LogP contribution in [0.2, 0.25) is 0 Å². The van der Waals surface area contributed by atoms with Gasteiger partial charge in [0.1, 0.15) is 0 Å². The number of piperidine rings is 6. The largest absolute Gasteiger partial charge is 0.389 e. The van der Waals surface area contributed by atoms with E-state index >= 15 is 0 Å². The number of hydrogen-bond acceptors (Lipinski definition) is 20. The Morgan fingerprint density at radius 3 is 0.688 bits per heavy atom. The molecule has 0 aromatic heterocycles. The number of β-amino-alcohol motifs (C(OH)–C–C–N with tert-alkyl or cyclic N) is 2. The molecule has 0 aromatic carbocycles. The topological polar surface area (TPSA) is 181 Å². The molecule has 0 saturated carbocycles. The summed E-state index contributed by atoms with van der Waals surface area (Å²) < 4.78 is 26.5. The second kappa shape index (κ2) is 32.3. The molecule has 0 radical (unpaired) electrons. The van der Waals surface area contributed by atoms with Crippen molar-refractivity contribution in [2.45, 2.75) is 396 Å². The molecule has 6 aliphatic heterocycles. The molecule has 566 valence electrons. The van der Waals surface area contributed by atoms with E-state index in [-0.39, 0.29) is 129 Å². The van der Waals surface area contributed by atoms with Crippen molar-refractivity contribution in [3.8, 4) is 0 Å². The Morgan fingerprint density at radius 1 is 0.292 bits per heavy atom. The van der Waals surface area contributed by atoms with E-state index in [1.54, 1.807) is 28.4 Å². The van der Waals surface area contributed by atoms with Gasteiger partial charge < -0.3 is 58.7 Å². The van der Waals surface area contributed by atoms with Gasteiger partial charge in [0.05, 0.1) is 104 Å². The highest BCUT2D eigenvalue weighted by molar-refractivity contribution is 5.07. The molecule has 4 unspecified atom stereocenters. The maximum atomic E-state index is 12.1. The van der Waals surface area contributed by atoms with Gasteiger partial charge in [-0.3, -0.25) is 19.6 Å². The van der Waals surface area contributed by atoms with Crippen molar-refractivity contribution in [2.75, 3.05) is 94.1 Å². The zero-order valence-corrected chi connectivity index (χ0v) is 66.8. The second-order valence-electron chi connectivity index (χ2n) is 38.5. The minimum atomic E-state index is -0.674. The van der Waals surface area contributed by atoms with Crippen LogP contribution in [0, 0.1) is 0 Å². The van der Waals surface area contributed by atoms with Gasteiger partial charge in [0.15, 0.2) is 0 Å². The van der Waals surface area contributed by atoms with E-state index in [4.69, 9.17) is 38.3 Å². The number of aliphatic hydroxyl groups excluding tert-OH is 4. The molecule has 6 saturated heterocycles. The third-order valence-corrected chi connectivity index (χ3v) is 23.3. The van der Waals surface area contributed by atoms with Gasteiger partial charge in [-0.25, -0.2) is 0 Å². The van der Waals surface area contributed by atoms with Crippen molar-refractivity contribution in [1.29, 1.82) is 0 Å². The minimum absolute atomic E-state index is 0.0101. The van der Waals surface area contributed by atoms with Crippen LogP contribution in [0.5, 0.6) is 0 Å². The summed E-state index contributed by atoms with van der Waals surface area (Å²) in [4.78, 5) is 33.7. The van der Waals surface area contributed by atoms with Crippen LogP contribution in [0.15, 0.2) is 0 Å². The van der Waals surface area contributed by atoms with E-state index in [0.717, 1.165) is 116 Å². The van der Waals surface area contributed by atoms with Gasteiger partial charge >= 0.3 is 0 Å². The number of likely N-dealkylation sites (tertiary alicyclic amines) is 2. The molecule has 0 aromatic rings. The summed E-state index contributed by atoms with van der Waals surface area (Å²) in [6.07, 6.45) is 11.4. The van der Waals surface area contributed by atoms with Gasteiger partial charge in [-0.1, -0.05) is 12.8 Å². The summed E-state index contributed by atoms with van der Waals surface area (Å²) in [5, 5.41) is 56.3. The normalized spacial score (nSPS) is 28.3. The number of unbranched alkanes of at least 4 members (excludes halogenated alkanes) is 3. The molecular weight excluding hydrogens is 1220 g/mol. The Balaban J connectivity index is 1.14. The van der Waals surface area contributed by atoms with E-state index in [0.29, 0.717) is 26.2 Å². The fraction of sp³-hybridized carbons (Fsp3) is 1.00. The molecular formula is C76H150N8O12. The lowest BCUT2D eigenvalue weighted by atomic mass is 9.76. The van der Waals surface area contributed by atoms with E-state index < -0.39 is 24.4 Å². The first kappa shape index (κ1) is 84.1. The predicted molar refractivity (Wildman–Crippen MR) is 385 cm³/mol. The molecule has 0 spiro atoms. The third kappa shape index (κ3) is 21.4. The molecule has 0 aliphatic carbocycles. The van der Waals surface area contributed by atoms with Crippen molar-refractivity contribution in [3.63, 3.8) is 0 Å². The maximum absolute atomic E-state index is 12.1. The van der Waals surface area contributed by atoms with Crippen molar-refractivity contribution < 1.29 is 58.7 Å². The highest BCUT2D eigenvalue weighted by Gasteiger charge is 2.53. The number of rotatable bonds is 33. The smallest absolute Gasteiger partial charge is 0.0900 e. The van der Waals surface area contributed by atoms with Crippen molar-refractivity contribution >= 4 is 0 Å². The highest BCUT2D eigenvalue weighted by Crippen LogP contribution is 2.47. The van der Waals surface area contributed by atoms with Crippen LogP contribution in [0.1, 0.15) is 269 Å². The summed E-state index contributed by atoms with van der Waals surface area (Å²) in [7, 11) is 7.01. The van der Waals surface area contributed by atoms with E-state index in [9.17, 15) is 20.4 Å². The molecule has 6 heterocycles. The Labute approximate surface area is 586 Å². The first-order valence-electron chi connectivity index (χ1n) is 37.5. The van der Waals surface area contributed by atoms with E-state index in [1.807, 2.05) is 0 Å². The van der Waals surface area contributed by atoms with Gasteiger partial charge in [0.2, 0.25) is 0 Å². The van der Waals surface area contributed by atoms with Crippen molar-refractivity contribution in [3.05, 3.63) is 0 Å². The lowest BCUT2D eigenvalue weighted by molar-refractivity contribution is -0.281. The van der Waals surface area contributed by atoms with Crippen LogP contribution < -0.4 is 0 Å². The van der Waals surface area contributed by atoms with Crippen LogP contribution >= 0.6 is 0 Å². The first-order valence-corrected chi connectivity index (χ1v) is 37.5. The van der Waals surface area contributed by atoms with Gasteiger partial charge in [-0.2, -0.15) is 20.3 Å². The molecule has 6 rings (SSSR count). The number of nitrogens with zero attached hydrogens (tertiary/aromatic N) is 8. The van der Waals surface area contributed by atoms with Crippen LogP contribution in [0.3, 0.4) is 0 Å². The average molecular weight is 1370 g/mol. The summed E-state index contributed by atoms with van der Waals surface area (Å²) >= 11 is 0. The summed E-state index contributed by atoms with van der Waals surface area (Å²) in [5.41, 5.74) is -2.79. The molecule has 96 heavy (non-hydrogen) atoms. The molecule has 4 atom stereocenters. The minimum Gasteiger partial charge on any atom is -0.389 e. The molecule has 20 heteroatoms. The lowest BCUT2D eigenvalue weighted by Gasteiger charge is -2.58. The third-order valence-electron chi connectivity index (χ3n) is 23.3. The monoisotopic (exact) mass is 1370 g/mol. The Hall–Kier alpha value is -0.800. The second-order valence-corrected chi connectivity index (χ2v) is 38.5. The van der Waals surface area contributed by atoms with Gasteiger partial charge in [-0.05, 0) is 269 Å². The number of ether oxygens (including phenoxy) is 4. The zero-order valence-electron chi connectivity index (χ0n) is 66.8. The molecule has 4 N–H and O–H groups in total. The fourth-order valence-corrected chi connectivity index (χ4v) is 21.2. The van der Waals surface area contributed by atoms with Crippen molar-refractivity contribution in [2.24, 2.45) is 0 Å². The first-order chi connectivity index (χ1) is 43.9. The number of hydrogen-bond donors (Lipinski definition) is 4. The van der Waals surface area contributed by atoms with E-state index in [1.165, 1.54) is 0 Å². The Morgan fingerprint density at radius 2 is 0.490 bits per heavy atom. The standard InChI is InChI=1S/C76H150N8O12/c1-65(2)35-55(36-66(3,4)79(65)49-59(87)53-95-63-43-73(17,18)83(91-27)74(19,20)44-63)77(47-57(85)51-93-61-39-69(9,10)81(89-25)70(11,12)40-61)33-31-29-30-32-34-78(48-58(86)52-94-62-41-71(13,14)82(90-26)72(15,16)42-62)56-37-67(5,6)80(68(7,8)38-56)50-60(88)54-96-64-45-75(21,22)84(92-28)76(23,24)46-64/h55-64,85-88H,29-54H2,1-28H3. The molecule has 6 fully saturated rings. The Kier molecular flexibility index (Phi) is 28.3. The summed E-state index contributed by atoms with van der Waals surface area (Å²) in [6, 6.07) is 0.392. The number of hydroxylamine groups is 8. The highest BCUT2D eigenvalue weighted by atomic mass is 16.7. The molecule has 6 aliphatic rings. The average Bonchev–Trinajstić information content (AvgIpc) is 0.772. The SMILES string of the molecule is CON1C(C)(C)CC(OCC(O)CN(CCCCCCN(CC(O)COC2CC(C)(C)N(OC)C(C)(C)C2)C2CC(C)(C)N(CC(O)COC3CC(C)(C)N(OC)C(C)(C)C3)C(C)(C)C2)C2CC(C)(C)N(CC(O)COC3CC(C)(C)N(OC)C(C)(C)C3)C(C)(C)C2)CC1(C)C. The van der Waals surface area contributed by atoms with Crippen molar-refractivity contribution in [1.82, 2.24) is 39.9 Å². The Bertz CT molecular complexity index is 2120. The van der Waals surface area contributed by atoms with Gasteiger partial charge in [-0.15, -0.1) is 0 Å². The van der Waals surface area contributed by atoms with Gasteiger partial charge in [0, 0.05) is 105 Å². The van der Waals surface area contributed by atoms with Gasteiger partial charge in [0.25, 0.3) is 0 Å². The summed E-state index contributed by atoms with van der Waals surface area (Å²) in [6.45, 7) is 58.7. The molecule has 0 bridgehead atoms. The lowest BCUT2D eigenvalue weighted by Crippen LogP contribution is -2.66. The van der Waals surface area contributed by atoms with Crippen LogP contribution in [0.25, 0.3) is 0 Å². The zero-order chi connectivity index (χ0) is 72.4. The predicted octanol–water partition coefficient (Wildman–Crippen LogP) is 11.0. The van der Waals surface area contributed by atoms with Crippen LogP contribution in [-0.4, -0.2) is 282 Å². The maximum Gasteiger partial charge on any atom is 0.0900 e.